The number of alkyl halides is 3. The van der Waals surface area contributed by atoms with Crippen LogP contribution in [0.4, 0.5) is 19.0 Å². The van der Waals surface area contributed by atoms with Gasteiger partial charge in [0.2, 0.25) is 0 Å². The van der Waals surface area contributed by atoms with Crippen molar-refractivity contribution in [3.8, 4) is 0 Å². The lowest BCUT2D eigenvalue weighted by molar-refractivity contribution is -0.141. The Morgan fingerprint density at radius 3 is 2.52 bits per heavy atom. The van der Waals surface area contributed by atoms with Crippen molar-refractivity contribution < 1.29 is 13.2 Å². The third-order valence-corrected chi connectivity index (χ3v) is 3.70. The van der Waals surface area contributed by atoms with E-state index >= 15 is 0 Å². The van der Waals surface area contributed by atoms with Crippen LogP contribution in [0.3, 0.4) is 0 Å². The summed E-state index contributed by atoms with van der Waals surface area (Å²) >= 11 is 0. The van der Waals surface area contributed by atoms with E-state index in [1.54, 1.807) is 0 Å². The molecule has 0 aliphatic carbocycles. The fourth-order valence-corrected chi connectivity index (χ4v) is 1.96. The van der Waals surface area contributed by atoms with Gasteiger partial charge < -0.3 is 11.1 Å². The van der Waals surface area contributed by atoms with Crippen LogP contribution in [0.15, 0.2) is 18.5 Å². The first-order valence-electron chi connectivity index (χ1n) is 6.73. The molecule has 0 fully saturated rings. The van der Waals surface area contributed by atoms with Gasteiger partial charge in [-0.2, -0.15) is 18.3 Å². The summed E-state index contributed by atoms with van der Waals surface area (Å²) in [5.41, 5.74) is 5.09. The summed E-state index contributed by atoms with van der Waals surface area (Å²) in [6.45, 7) is 4.37. The molecule has 5 nitrogen and oxygen atoms in total. The van der Waals surface area contributed by atoms with Gasteiger partial charge in [-0.05, 0) is 12.8 Å². The van der Waals surface area contributed by atoms with Crippen LogP contribution in [0.5, 0.6) is 0 Å². The summed E-state index contributed by atoms with van der Waals surface area (Å²) < 4.78 is 39.3. The van der Waals surface area contributed by atoms with Crippen molar-refractivity contribution in [3.05, 3.63) is 24.2 Å². The van der Waals surface area contributed by atoms with Crippen LogP contribution in [0, 0.1) is 0 Å². The lowest BCUT2D eigenvalue weighted by atomic mass is 9.94. The quantitative estimate of drug-likeness (QED) is 0.891. The summed E-state index contributed by atoms with van der Waals surface area (Å²) in [5, 5.41) is 6.54. The standard InChI is InChI=1S/C13H18F3N5/c1-3-12(17,4-2)8-19-11-9-7-10(13(14,15)16)20-21(9)6-5-18-11/h5-7H,3-4,8,17H2,1-2H3,(H,18,19). The fourth-order valence-electron chi connectivity index (χ4n) is 1.96. The van der Waals surface area contributed by atoms with E-state index in [0.717, 1.165) is 23.4 Å². The average molecular weight is 301 g/mol. The summed E-state index contributed by atoms with van der Waals surface area (Å²) in [4.78, 5) is 4.08. The van der Waals surface area contributed by atoms with Crippen molar-refractivity contribution in [1.82, 2.24) is 14.6 Å². The Kier molecular flexibility index (Phi) is 4.08. The second-order valence-corrected chi connectivity index (χ2v) is 5.06. The topological polar surface area (TPSA) is 68.2 Å². The fraction of sp³-hybridized carbons (Fsp3) is 0.538. The van der Waals surface area contributed by atoms with Crippen molar-refractivity contribution in [2.75, 3.05) is 11.9 Å². The van der Waals surface area contributed by atoms with E-state index in [-0.39, 0.29) is 5.52 Å². The highest BCUT2D eigenvalue weighted by Gasteiger charge is 2.34. The van der Waals surface area contributed by atoms with E-state index in [1.165, 1.54) is 12.4 Å². The second-order valence-electron chi connectivity index (χ2n) is 5.06. The number of nitrogens with two attached hydrogens (primary N) is 1. The van der Waals surface area contributed by atoms with Crippen LogP contribution >= 0.6 is 0 Å². The second kappa shape index (κ2) is 5.51. The summed E-state index contributed by atoms with van der Waals surface area (Å²) in [6.07, 6.45) is -0.184. The number of hydrogen-bond donors (Lipinski definition) is 2. The smallest absolute Gasteiger partial charge is 0.366 e. The van der Waals surface area contributed by atoms with Crippen LogP contribution in [-0.2, 0) is 6.18 Å². The number of nitrogens with one attached hydrogen (secondary N) is 1. The molecule has 3 N–H and O–H groups in total. The molecule has 0 aliphatic rings. The SMILES string of the molecule is CCC(N)(CC)CNc1nccn2nc(C(F)(F)F)cc12. The first-order chi connectivity index (χ1) is 9.79. The van der Waals surface area contributed by atoms with E-state index in [4.69, 9.17) is 5.73 Å². The minimum Gasteiger partial charge on any atom is -0.366 e. The molecule has 0 saturated carbocycles. The zero-order valence-electron chi connectivity index (χ0n) is 11.9. The average Bonchev–Trinajstić information content (AvgIpc) is 2.89. The van der Waals surface area contributed by atoms with E-state index < -0.39 is 17.4 Å². The molecular formula is C13H18F3N5. The van der Waals surface area contributed by atoms with Gasteiger partial charge in [0.1, 0.15) is 5.52 Å². The van der Waals surface area contributed by atoms with E-state index in [1.807, 2.05) is 13.8 Å². The maximum atomic E-state index is 12.7. The Bertz CT molecular complexity index is 616. The number of aromatic nitrogens is 3. The van der Waals surface area contributed by atoms with Crippen LogP contribution in [0.25, 0.3) is 5.52 Å². The van der Waals surface area contributed by atoms with Gasteiger partial charge in [-0.25, -0.2) is 9.50 Å². The van der Waals surface area contributed by atoms with Crippen LogP contribution in [0.2, 0.25) is 0 Å². The molecule has 0 radical (unpaired) electrons. The molecular weight excluding hydrogens is 283 g/mol. The highest BCUT2D eigenvalue weighted by atomic mass is 19.4. The van der Waals surface area contributed by atoms with Crippen molar-refractivity contribution in [3.63, 3.8) is 0 Å². The molecule has 2 aromatic heterocycles. The normalized spacial score (nSPS) is 12.9. The molecule has 8 heteroatoms. The molecule has 0 aliphatic heterocycles. The monoisotopic (exact) mass is 301 g/mol. The molecule has 2 heterocycles. The largest absolute Gasteiger partial charge is 0.435 e. The maximum absolute atomic E-state index is 12.7. The first-order valence-corrected chi connectivity index (χ1v) is 6.73. The minimum atomic E-state index is -4.48. The van der Waals surface area contributed by atoms with Gasteiger partial charge in [0.25, 0.3) is 0 Å². The van der Waals surface area contributed by atoms with Gasteiger partial charge in [0, 0.05) is 30.5 Å². The molecule has 0 saturated heterocycles. The first kappa shape index (κ1) is 15.6. The molecule has 116 valence electrons. The lowest BCUT2D eigenvalue weighted by Gasteiger charge is -2.27. The molecule has 0 amide bonds. The third kappa shape index (κ3) is 3.26. The number of hydrogen-bond acceptors (Lipinski definition) is 4. The Hall–Kier alpha value is -1.83. The number of anilines is 1. The van der Waals surface area contributed by atoms with Crippen LogP contribution in [-0.4, -0.2) is 26.7 Å². The van der Waals surface area contributed by atoms with Gasteiger partial charge in [-0.15, -0.1) is 0 Å². The Morgan fingerprint density at radius 1 is 1.29 bits per heavy atom. The molecule has 0 bridgehead atoms. The van der Waals surface area contributed by atoms with E-state index in [0.29, 0.717) is 12.4 Å². The Labute approximate surface area is 120 Å². The molecule has 21 heavy (non-hydrogen) atoms. The van der Waals surface area contributed by atoms with Crippen LogP contribution < -0.4 is 11.1 Å². The zero-order chi connectivity index (χ0) is 15.7. The highest BCUT2D eigenvalue weighted by molar-refractivity contribution is 5.68. The number of rotatable bonds is 5. The maximum Gasteiger partial charge on any atom is 0.435 e. The van der Waals surface area contributed by atoms with Gasteiger partial charge in [0.15, 0.2) is 11.5 Å². The molecule has 2 aromatic rings. The van der Waals surface area contributed by atoms with Gasteiger partial charge in [-0.1, -0.05) is 13.8 Å². The number of nitrogens with zero attached hydrogens (tertiary/aromatic N) is 3. The van der Waals surface area contributed by atoms with E-state index in [9.17, 15) is 13.2 Å². The molecule has 0 atom stereocenters. The summed E-state index contributed by atoms with van der Waals surface area (Å²) in [6, 6.07) is 0.978. The van der Waals surface area contributed by atoms with Gasteiger partial charge in [-0.3, -0.25) is 0 Å². The number of halogens is 3. The minimum absolute atomic E-state index is 0.277. The van der Waals surface area contributed by atoms with Crippen molar-refractivity contribution in [2.24, 2.45) is 5.73 Å². The van der Waals surface area contributed by atoms with Crippen molar-refractivity contribution in [2.45, 2.75) is 38.4 Å². The van der Waals surface area contributed by atoms with Gasteiger partial charge in [0.05, 0.1) is 0 Å². The third-order valence-electron chi connectivity index (χ3n) is 3.70. The van der Waals surface area contributed by atoms with Crippen molar-refractivity contribution >= 4 is 11.3 Å². The molecule has 0 spiro atoms. The Morgan fingerprint density at radius 2 is 1.95 bits per heavy atom. The summed E-state index contributed by atoms with van der Waals surface area (Å²) in [5.74, 6) is 0.345. The predicted molar refractivity (Wildman–Crippen MR) is 74.0 cm³/mol. The van der Waals surface area contributed by atoms with E-state index in [2.05, 4.69) is 15.4 Å². The van der Waals surface area contributed by atoms with Crippen LogP contribution in [0.1, 0.15) is 32.4 Å². The Balaban J connectivity index is 2.30. The molecule has 2 rings (SSSR count). The zero-order valence-corrected chi connectivity index (χ0v) is 11.9. The molecule has 0 unspecified atom stereocenters. The predicted octanol–water partition coefficient (Wildman–Crippen LogP) is 2.68. The van der Waals surface area contributed by atoms with Crippen molar-refractivity contribution in [1.29, 1.82) is 0 Å². The summed E-state index contributed by atoms with van der Waals surface area (Å²) in [7, 11) is 0. The lowest BCUT2D eigenvalue weighted by Crippen LogP contribution is -2.45. The molecule has 0 aromatic carbocycles. The van der Waals surface area contributed by atoms with Gasteiger partial charge >= 0.3 is 6.18 Å². The highest BCUT2D eigenvalue weighted by Crippen LogP contribution is 2.30. The number of fused-ring (bicyclic) bond motifs is 1.